The summed E-state index contributed by atoms with van der Waals surface area (Å²) < 4.78 is 23.3. The van der Waals surface area contributed by atoms with Crippen molar-refractivity contribution in [2.24, 2.45) is 0 Å². The summed E-state index contributed by atoms with van der Waals surface area (Å²) in [6.45, 7) is 4.50. The van der Waals surface area contributed by atoms with Crippen LogP contribution in [-0.2, 0) is 18.4 Å². The number of phosphoric acid groups is 1. The number of rotatable bonds is 49. The highest BCUT2D eigenvalue weighted by molar-refractivity contribution is 7.45. The number of allylic oxidation sites excluding steroid dienone is 15. The molecule has 3 atom stereocenters. The fourth-order valence-electron chi connectivity index (χ4n) is 7.47. The van der Waals surface area contributed by atoms with E-state index in [1.807, 2.05) is 27.2 Å². The molecule has 2 N–H and O–H groups in total. The van der Waals surface area contributed by atoms with E-state index in [-0.39, 0.29) is 12.5 Å². The van der Waals surface area contributed by atoms with Gasteiger partial charge in [-0.25, -0.2) is 0 Å². The van der Waals surface area contributed by atoms with Crippen LogP contribution in [0.4, 0.5) is 0 Å². The average Bonchev–Trinajstić information content (AvgIpc) is 3.30. The summed E-state index contributed by atoms with van der Waals surface area (Å²) in [6.07, 6.45) is 70.4. The first-order chi connectivity index (χ1) is 33.0. The van der Waals surface area contributed by atoms with E-state index in [0.717, 1.165) is 89.9 Å². The molecule has 0 saturated heterocycles. The molecule has 0 radical (unpaired) electrons. The number of nitrogens with one attached hydrogen (secondary N) is 1. The molecule has 0 saturated carbocycles. The van der Waals surface area contributed by atoms with Crippen molar-refractivity contribution >= 4 is 13.7 Å². The highest BCUT2D eigenvalue weighted by Gasteiger charge is 2.23. The first-order valence-corrected chi connectivity index (χ1v) is 29.1. The van der Waals surface area contributed by atoms with Gasteiger partial charge in [-0.15, -0.1) is 0 Å². The fraction of sp³-hybridized carbons (Fsp3) is 0.712. The normalized spacial score (nSPS) is 14.8. The van der Waals surface area contributed by atoms with E-state index in [1.54, 1.807) is 6.08 Å². The van der Waals surface area contributed by atoms with Crippen molar-refractivity contribution in [2.75, 3.05) is 40.9 Å². The minimum Gasteiger partial charge on any atom is -0.756 e. The third-order valence-corrected chi connectivity index (χ3v) is 12.7. The molecule has 3 unspecified atom stereocenters. The van der Waals surface area contributed by atoms with E-state index < -0.39 is 26.6 Å². The van der Waals surface area contributed by atoms with Gasteiger partial charge in [-0.1, -0.05) is 227 Å². The zero-order valence-electron chi connectivity index (χ0n) is 44.5. The zero-order valence-corrected chi connectivity index (χ0v) is 45.4. The highest BCUT2D eigenvalue weighted by Crippen LogP contribution is 2.38. The van der Waals surface area contributed by atoms with Crippen LogP contribution < -0.4 is 10.2 Å². The highest BCUT2D eigenvalue weighted by atomic mass is 31.2. The maximum atomic E-state index is 12.9. The molecule has 9 heteroatoms. The van der Waals surface area contributed by atoms with E-state index in [1.165, 1.54) is 109 Å². The summed E-state index contributed by atoms with van der Waals surface area (Å²) in [7, 11) is 1.23. The second-order valence-electron chi connectivity index (χ2n) is 19.5. The monoisotopic (exact) mass is 969 g/mol. The molecule has 0 aliphatic heterocycles. The Hall–Kier alpha value is -2.58. The SMILES string of the molecule is CC/C=C\C/C=C\C/C=C\C/C=C\C/C=C\C/C=C\CCCCCCCCCCC(=O)NC(COP(=O)([O-])OCC[N+](C)(C)C)C(O)/C=C/CC/C=C/CCCCCCCCCCCCCCC. The molecule has 0 heterocycles. The molecule has 0 spiro atoms. The van der Waals surface area contributed by atoms with Crippen LogP contribution in [0.2, 0.25) is 0 Å². The van der Waals surface area contributed by atoms with E-state index >= 15 is 0 Å². The quantitative estimate of drug-likeness (QED) is 0.0272. The number of carbonyl (C=O) groups excluding carboxylic acids is 1. The average molecular weight is 969 g/mol. The lowest BCUT2D eigenvalue weighted by atomic mass is 10.0. The summed E-state index contributed by atoms with van der Waals surface area (Å²) >= 11 is 0. The molecule has 0 aromatic rings. The number of likely N-dealkylation sites (N-methyl/N-ethyl adjacent to an activating group) is 1. The molecule has 0 bridgehead atoms. The summed E-state index contributed by atoms with van der Waals surface area (Å²) in [6, 6.07) is -0.915. The van der Waals surface area contributed by atoms with Crippen LogP contribution in [0.1, 0.15) is 219 Å². The third-order valence-electron chi connectivity index (χ3n) is 11.8. The topological polar surface area (TPSA) is 108 Å². The number of aliphatic hydroxyl groups excluding tert-OH is 1. The summed E-state index contributed by atoms with van der Waals surface area (Å²) in [5.74, 6) is -0.219. The van der Waals surface area contributed by atoms with Crippen molar-refractivity contribution in [3.8, 4) is 0 Å². The lowest BCUT2D eigenvalue weighted by Gasteiger charge is -2.29. The standard InChI is InChI=1S/C59H105N2O6P/c1-6-8-10-12-14-16-18-20-22-24-26-27-28-29-30-31-32-33-35-37-39-41-43-45-47-49-51-53-59(63)60-57(56-67-68(64,65)66-55-54-61(3,4)5)58(62)52-50-48-46-44-42-40-38-36-34-25-23-21-19-17-15-13-11-9-7-2/h8,10,14,16,20,22,26-27,29-30,32-33,42,44,50,52,57-58,62H,6-7,9,11-13,15,17-19,21,23-25,28,31,34-41,43,45-49,51,53-56H2,1-5H3,(H-,60,63,64,65)/b10-8-,16-14-,22-20-,27-26-,30-29-,33-32-,44-42+,52-50+. The first-order valence-electron chi connectivity index (χ1n) is 27.6. The van der Waals surface area contributed by atoms with Crippen molar-refractivity contribution < 1.29 is 32.9 Å². The van der Waals surface area contributed by atoms with Crippen LogP contribution in [-0.4, -0.2) is 68.5 Å². The van der Waals surface area contributed by atoms with Gasteiger partial charge in [-0.2, -0.15) is 0 Å². The summed E-state index contributed by atoms with van der Waals surface area (Å²) in [4.78, 5) is 25.5. The number of nitrogens with zero attached hydrogens (tertiary/aromatic N) is 1. The Morgan fingerprint density at radius 1 is 0.529 bits per heavy atom. The zero-order chi connectivity index (χ0) is 49.9. The van der Waals surface area contributed by atoms with Crippen molar-refractivity contribution in [3.05, 3.63) is 97.2 Å². The Morgan fingerprint density at radius 3 is 1.37 bits per heavy atom. The molecule has 0 aromatic heterocycles. The van der Waals surface area contributed by atoms with Crippen LogP contribution in [0, 0.1) is 0 Å². The third kappa shape index (κ3) is 51.3. The predicted octanol–water partition coefficient (Wildman–Crippen LogP) is 16.0. The van der Waals surface area contributed by atoms with Crippen LogP contribution >= 0.6 is 7.82 Å². The van der Waals surface area contributed by atoms with Gasteiger partial charge in [0, 0.05) is 6.42 Å². The molecule has 392 valence electrons. The van der Waals surface area contributed by atoms with E-state index in [4.69, 9.17) is 9.05 Å². The maximum Gasteiger partial charge on any atom is 0.268 e. The predicted molar refractivity (Wildman–Crippen MR) is 293 cm³/mol. The van der Waals surface area contributed by atoms with Gasteiger partial charge in [0.1, 0.15) is 13.2 Å². The lowest BCUT2D eigenvalue weighted by Crippen LogP contribution is -2.45. The van der Waals surface area contributed by atoms with E-state index in [2.05, 4.69) is 104 Å². The molecular formula is C59H105N2O6P. The molecule has 68 heavy (non-hydrogen) atoms. The second kappa shape index (κ2) is 49.4. The Balaban J connectivity index is 4.33. The molecule has 0 fully saturated rings. The van der Waals surface area contributed by atoms with Gasteiger partial charge in [0.15, 0.2) is 0 Å². The van der Waals surface area contributed by atoms with Crippen LogP contribution in [0.15, 0.2) is 97.2 Å². The number of carbonyl (C=O) groups is 1. The van der Waals surface area contributed by atoms with Crippen LogP contribution in [0.5, 0.6) is 0 Å². The van der Waals surface area contributed by atoms with Gasteiger partial charge < -0.3 is 28.8 Å². The molecular weight excluding hydrogens is 864 g/mol. The van der Waals surface area contributed by atoms with Gasteiger partial charge in [-0.3, -0.25) is 9.36 Å². The second-order valence-corrected chi connectivity index (χ2v) is 21.0. The minimum atomic E-state index is -4.61. The number of amides is 1. The Morgan fingerprint density at radius 2 is 0.912 bits per heavy atom. The van der Waals surface area contributed by atoms with Gasteiger partial charge in [0.25, 0.3) is 7.82 Å². The molecule has 0 rings (SSSR count). The fourth-order valence-corrected chi connectivity index (χ4v) is 8.19. The number of quaternary nitrogens is 1. The van der Waals surface area contributed by atoms with E-state index in [0.29, 0.717) is 17.4 Å². The van der Waals surface area contributed by atoms with Crippen LogP contribution in [0.3, 0.4) is 0 Å². The van der Waals surface area contributed by atoms with Crippen LogP contribution in [0.25, 0.3) is 0 Å². The first kappa shape index (κ1) is 65.4. The maximum absolute atomic E-state index is 12.9. The van der Waals surface area contributed by atoms with Gasteiger partial charge >= 0.3 is 0 Å². The summed E-state index contributed by atoms with van der Waals surface area (Å²) in [5, 5.41) is 13.8. The Labute approximate surface area is 419 Å². The van der Waals surface area contributed by atoms with Crippen molar-refractivity contribution in [3.63, 3.8) is 0 Å². The Bertz CT molecular complexity index is 1420. The number of unbranched alkanes of at least 4 members (excludes halogenated alkanes) is 22. The van der Waals surface area contributed by atoms with Gasteiger partial charge in [-0.05, 0) is 83.5 Å². The number of aliphatic hydroxyl groups is 1. The molecule has 0 aromatic carbocycles. The van der Waals surface area contributed by atoms with Gasteiger partial charge in [0.05, 0.1) is 39.9 Å². The molecule has 0 aliphatic carbocycles. The smallest absolute Gasteiger partial charge is 0.268 e. The number of phosphoric ester groups is 1. The number of hydrogen-bond donors (Lipinski definition) is 2. The number of hydrogen-bond acceptors (Lipinski definition) is 6. The lowest BCUT2D eigenvalue weighted by molar-refractivity contribution is -0.870. The molecule has 1 amide bonds. The van der Waals surface area contributed by atoms with E-state index in [9.17, 15) is 19.4 Å². The van der Waals surface area contributed by atoms with Crippen molar-refractivity contribution in [1.29, 1.82) is 0 Å². The van der Waals surface area contributed by atoms with Gasteiger partial charge in [0.2, 0.25) is 5.91 Å². The minimum absolute atomic E-state index is 0.0129. The summed E-state index contributed by atoms with van der Waals surface area (Å²) in [5.41, 5.74) is 0. The molecule has 0 aliphatic rings. The Kier molecular flexibility index (Phi) is 47.5. The largest absolute Gasteiger partial charge is 0.756 e. The molecule has 8 nitrogen and oxygen atoms in total. The van der Waals surface area contributed by atoms with Crippen molar-refractivity contribution in [1.82, 2.24) is 5.32 Å². The van der Waals surface area contributed by atoms with Crippen molar-refractivity contribution in [2.45, 2.75) is 231 Å².